The number of hydrogen-bond donors (Lipinski definition) is 1. The van der Waals surface area contributed by atoms with E-state index < -0.39 is 5.41 Å². The molecule has 3 aliphatic rings. The van der Waals surface area contributed by atoms with Crippen molar-refractivity contribution < 1.29 is 9.18 Å². The van der Waals surface area contributed by atoms with Crippen molar-refractivity contribution in [2.45, 2.75) is 51.4 Å². The van der Waals surface area contributed by atoms with Gasteiger partial charge in [0.05, 0.1) is 11.6 Å². The van der Waals surface area contributed by atoms with Gasteiger partial charge in [0, 0.05) is 29.7 Å². The predicted octanol–water partition coefficient (Wildman–Crippen LogP) is 4.02. The number of halogens is 1. The van der Waals surface area contributed by atoms with Gasteiger partial charge in [0.15, 0.2) is 5.78 Å². The summed E-state index contributed by atoms with van der Waals surface area (Å²) in [7, 11) is 0. The van der Waals surface area contributed by atoms with E-state index in [-0.39, 0.29) is 17.0 Å². The van der Waals surface area contributed by atoms with Crippen LogP contribution in [0.2, 0.25) is 0 Å². The number of aryl methyl sites for hydroxylation is 1. The molecule has 3 nitrogen and oxygen atoms in total. The lowest BCUT2D eigenvalue weighted by molar-refractivity contribution is -0.118. The van der Waals surface area contributed by atoms with Crippen molar-refractivity contribution in [3.05, 3.63) is 63.7 Å². The highest BCUT2D eigenvalue weighted by Crippen LogP contribution is 2.57. The van der Waals surface area contributed by atoms with Crippen molar-refractivity contribution >= 4 is 5.78 Å². The van der Waals surface area contributed by atoms with Crippen molar-refractivity contribution in [2.75, 3.05) is 0 Å². The fraction of sp³-hybridized carbons (Fsp3) is 0.429. The van der Waals surface area contributed by atoms with Crippen LogP contribution in [0.3, 0.4) is 0 Å². The molecule has 1 atom stereocenters. The Labute approximate surface area is 146 Å². The third kappa shape index (κ3) is 1.91. The second-order valence-corrected chi connectivity index (χ2v) is 8.57. The summed E-state index contributed by atoms with van der Waals surface area (Å²) in [5.74, 6) is 0.0552. The highest BCUT2D eigenvalue weighted by molar-refractivity contribution is 6.02. The number of ketones is 1. The SMILES string of the molecule is CC1(C)CC(=O)C2=C(Cc3[nH]ncc3C23CCc2cc(F)ccc23)C1. The number of allylic oxidation sites excluding steroid dienone is 2. The Morgan fingerprint density at radius 1 is 1.20 bits per heavy atom. The van der Waals surface area contributed by atoms with Crippen LogP contribution in [0.5, 0.6) is 0 Å². The highest BCUT2D eigenvalue weighted by atomic mass is 19.1. The second-order valence-electron chi connectivity index (χ2n) is 8.57. The van der Waals surface area contributed by atoms with Crippen LogP contribution in [-0.2, 0) is 23.1 Å². The first-order valence-electron chi connectivity index (χ1n) is 8.98. The minimum absolute atomic E-state index is 0.00113. The molecule has 25 heavy (non-hydrogen) atoms. The lowest BCUT2D eigenvalue weighted by Crippen LogP contribution is -2.41. The lowest BCUT2D eigenvalue weighted by atomic mass is 9.58. The number of benzene rings is 1. The molecule has 2 aromatic rings. The van der Waals surface area contributed by atoms with Crippen LogP contribution in [0.25, 0.3) is 0 Å². The maximum absolute atomic E-state index is 13.8. The number of carbonyl (C=O) groups excluding carboxylic acids is 1. The summed E-state index contributed by atoms with van der Waals surface area (Å²) in [6.45, 7) is 4.34. The second kappa shape index (κ2) is 4.69. The number of rotatable bonds is 0. The van der Waals surface area contributed by atoms with Gasteiger partial charge < -0.3 is 0 Å². The van der Waals surface area contributed by atoms with E-state index in [2.05, 4.69) is 24.0 Å². The van der Waals surface area contributed by atoms with Gasteiger partial charge in [-0.2, -0.15) is 5.10 Å². The molecule has 1 aromatic heterocycles. The van der Waals surface area contributed by atoms with Gasteiger partial charge in [-0.05, 0) is 47.9 Å². The average Bonchev–Trinajstić information content (AvgIpc) is 3.11. The minimum Gasteiger partial charge on any atom is -0.294 e. The number of fused-ring (bicyclic) bond motifs is 5. The summed E-state index contributed by atoms with van der Waals surface area (Å²) in [4.78, 5) is 13.3. The number of aromatic nitrogens is 2. The van der Waals surface area contributed by atoms with Crippen molar-refractivity contribution in [3.8, 4) is 0 Å². The van der Waals surface area contributed by atoms with Gasteiger partial charge in [-0.1, -0.05) is 25.5 Å². The molecule has 0 saturated heterocycles. The first-order chi connectivity index (χ1) is 11.9. The molecule has 1 unspecified atom stereocenters. The average molecular weight is 336 g/mol. The zero-order valence-electron chi connectivity index (χ0n) is 14.6. The van der Waals surface area contributed by atoms with Crippen LogP contribution in [0.1, 0.15) is 55.5 Å². The summed E-state index contributed by atoms with van der Waals surface area (Å²) in [6.07, 6.45) is 5.79. The van der Waals surface area contributed by atoms with E-state index in [0.717, 1.165) is 53.6 Å². The number of Topliss-reactive ketones (excluding diaryl/α,β-unsaturated/α-hetero) is 1. The van der Waals surface area contributed by atoms with E-state index in [0.29, 0.717) is 6.42 Å². The van der Waals surface area contributed by atoms with E-state index in [1.54, 1.807) is 6.07 Å². The molecule has 0 amide bonds. The van der Waals surface area contributed by atoms with Crippen LogP contribution in [-0.4, -0.2) is 16.0 Å². The van der Waals surface area contributed by atoms with E-state index in [4.69, 9.17) is 0 Å². The first kappa shape index (κ1) is 15.1. The van der Waals surface area contributed by atoms with Crippen molar-refractivity contribution in [1.82, 2.24) is 10.2 Å². The van der Waals surface area contributed by atoms with Gasteiger partial charge in [-0.25, -0.2) is 4.39 Å². The molecule has 0 radical (unpaired) electrons. The molecule has 0 bridgehead atoms. The number of hydrogen-bond acceptors (Lipinski definition) is 2. The molecule has 3 aliphatic carbocycles. The zero-order chi connectivity index (χ0) is 17.4. The zero-order valence-corrected chi connectivity index (χ0v) is 14.6. The molecule has 1 heterocycles. The number of H-pyrrole nitrogens is 1. The van der Waals surface area contributed by atoms with E-state index in [9.17, 15) is 9.18 Å². The minimum atomic E-state index is -0.438. The Morgan fingerprint density at radius 3 is 2.88 bits per heavy atom. The van der Waals surface area contributed by atoms with Gasteiger partial charge in [0.2, 0.25) is 0 Å². The Balaban J connectivity index is 1.82. The van der Waals surface area contributed by atoms with E-state index >= 15 is 0 Å². The molecule has 4 heteroatoms. The van der Waals surface area contributed by atoms with Gasteiger partial charge >= 0.3 is 0 Å². The Hall–Kier alpha value is -2.23. The van der Waals surface area contributed by atoms with E-state index in [1.165, 1.54) is 11.6 Å². The first-order valence-corrected chi connectivity index (χ1v) is 8.98. The van der Waals surface area contributed by atoms with Crippen LogP contribution < -0.4 is 0 Å². The van der Waals surface area contributed by atoms with Crippen molar-refractivity contribution in [1.29, 1.82) is 0 Å². The number of aromatic amines is 1. The molecule has 1 aromatic carbocycles. The fourth-order valence-electron chi connectivity index (χ4n) is 5.48. The standard InChI is InChI=1S/C21H21FN2O/c1-20(2)9-13-8-17-16(11-23-24-17)21(19(13)18(25)10-20)6-5-12-7-14(22)3-4-15(12)21/h3-4,7,11H,5-6,8-10H2,1-2H3,(H,23,24). The maximum atomic E-state index is 13.8. The monoisotopic (exact) mass is 336 g/mol. The fourth-order valence-corrected chi connectivity index (χ4v) is 5.48. The normalized spacial score (nSPS) is 26.6. The Kier molecular flexibility index (Phi) is 2.82. The number of carbonyl (C=O) groups is 1. The van der Waals surface area contributed by atoms with Crippen LogP contribution in [0.15, 0.2) is 35.5 Å². The van der Waals surface area contributed by atoms with Gasteiger partial charge in [-0.3, -0.25) is 9.89 Å². The third-order valence-electron chi connectivity index (χ3n) is 6.25. The van der Waals surface area contributed by atoms with Crippen molar-refractivity contribution in [2.24, 2.45) is 5.41 Å². The largest absolute Gasteiger partial charge is 0.294 e. The van der Waals surface area contributed by atoms with Crippen LogP contribution >= 0.6 is 0 Å². The lowest BCUT2D eigenvalue weighted by Gasteiger charge is -2.43. The summed E-state index contributed by atoms with van der Waals surface area (Å²) in [6, 6.07) is 5.05. The van der Waals surface area contributed by atoms with Gasteiger partial charge in [0.25, 0.3) is 0 Å². The van der Waals surface area contributed by atoms with E-state index in [1.807, 2.05) is 12.3 Å². The molecular weight excluding hydrogens is 315 g/mol. The summed E-state index contributed by atoms with van der Waals surface area (Å²) < 4.78 is 13.8. The molecule has 128 valence electrons. The van der Waals surface area contributed by atoms with Crippen molar-refractivity contribution in [3.63, 3.8) is 0 Å². The predicted molar refractivity (Wildman–Crippen MR) is 92.8 cm³/mol. The smallest absolute Gasteiger partial charge is 0.160 e. The quantitative estimate of drug-likeness (QED) is 0.790. The Bertz CT molecular complexity index is 953. The molecular formula is C21H21FN2O. The van der Waals surface area contributed by atoms with Gasteiger partial charge in [-0.15, -0.1) is 0 Å². The molecule has 5 rings (SSSR count). The summed E-state index contributed by atoms with van der Waals surface area (Å²) in [5.41, 5.74) is 6.13. The van der Waals surface area contributed by atoms with Crippen LogP contribution in [0.4, 0.5) is 4.39 Å². The summed E-state index contributed by atoms with van der Waals surface area (Å²) in [5, 5.41) is 7.45. The maximum Gasteiger partial charge on any atom is 0.160 e. The van der Waals surface area contributed by atoms with Crippen LogP contribution in [0, 0.1) is 11.2 Å². The number of nitrogens with one attached hydrogen (secondary N) is 1. The molecule has 0 aliphatic heterocycles. The molecule has 0 fully saturated rings. The van der Waals surface area contributed by atoms with Gasteiger partial charge in [0.1, 0.15) is 5.82 Å². The number of nitrogens with zero attached hydrogens (tertiary/aromatic N) is 1. The molecule has 1 spiro atoms. The Morgan fingerprint density at radius 2 is 2.04 bits per heavy atom. The molecule has 0 saturated carbocycles. The summed E-state index contributed by atoms with van der Waals surface area (Å²) >= 11 is 0. The molecule has 1 N–H and O–H groups in total. The highest BCUT2D eigenvalue weighted by Gasteiger charge is 2.53. The third-order valence-corrected chi connectivity index (χ3v) is 6.25. The topological polar surface area (TPSA) is 45.8 Å².